The average molecular weight is 341 g/mol. The van der Waals surface area contributed by atoms with Crippen LogP contribution in [0.2, 0.25) is 5.02 Å². The number of nitrogens with zero attached hydrogens (tertiary/aromatic N) is 2. The molecule has 2 aromatic rings. The minimum Gasteiger partial charge on any atom is -0.395 e. The molecular weight excluding hydrogens is 316 g/mol. The number of rotatable bonds is 8. The quantitative estimate of drug-likeness (QED) is 0.682. The van der Waals surface area contributed by atoms with E-state index in [4.69, 9.17) is 21.8 Å². The van der Waals surface area contributed by atoms with E-state index in [0.717, 1.165) is 22.2 Å². The van der Waals surface area contributed by atoms with E-state index < -0.39 is 6.10 Å². The normalized spacial score (nSPS) is 13.2. The van der Waals surface area contributed by atoms with E-state index in [-0.39, 0.29) is 13.2 Å². The first-order chi connectivity index (χ1) is 11.0. The Labute approximate surface area is 141 Å². The van der Waals surface area contributed by atoms with Gasteiger partial charge < -0.3 is 19.9 Å². The number of fused-ring (bicyclic) bond motifs is 1. The van der Waals surface area contributed by atoms with E-state index >= 15 is 0 Å². The van der Waals surface area contributed by atoms with E-state index in [9.17, 15) is 5.11 Å². The molecule has 128 valence electrons. The van der Waals surface area contributed by atoms with Gasteiger partial charge in [-0.25, -0.2) is 0 Å². The van der Waals surface area contributed by atoms with Crippen LogP contribution in [-0.4, -0.2) is 63.7 Å². The molecule has 23 heavy (non-hydrogen) atoms. The third-order valence-electron chi connectivity index (χ3n) is 4.30. The van der Waals surface area contributed by atoms with Crippen LogP contribution in [0.25, 0.3) is 10.9 Å². The maximum atomic E-state index is 10.4. The molecule has 0 radical (unpaired) electrons. The van der Waals surface area contributed by atoms with Crippen molar-refractivity contribution < 1.29 is 15.3 Å². The number of para-hydroxylation sites is 1. The largest absolute Gasteiger partial charge is 0.395 e. The fourth-order valence-corrected chi connectivity index (χ4v) is 3.31. The Bertz CT molecular complexity index is 651. The van der Waals surface area contributed by atoms with Crippen molar-refractivity contribution >= 4 is 22.5 Å². The van der Waals surface area contributed by atoms with Crippen molar-refractivity contribution in [1.82, 2.24) is 9.47 Å². The van der Waals surface area contributed by atoms with Crippen LogP contribution in [-0.2, 0) is 6.54 Å². The van der Waals surface area contributed by atoms with E-state index in [1.54, 1.807) is 0 Å². The topological polar surface area (TPSA) is 68.9 Å². The second kappa shape index (κ2) is 8.13. The first-order valence-electron chi connectivity index (χ1n) is 7.85. The van der Waals surface area contributed by atoms with Crippen molar-refractivity contribution in [3.8, 4) is 0 Å². The molecule has 6 heteroatoms. The summed E-state index contributed by atoms with van der Waals surface area (Å²) >= 11 is 6.36. The standard InChI is InChI=1S/C17H25ClN2O3/c1-12-13(2)20(17-15(12)4-3-5-16(17)18)11-14(23)10-19(6-8-21)7-9-22/h3-5,14,21-23H,6-11H2,1-2H3/t14-/m0/s1. The zero-order chi connectivity index (χ0) is 17.0. The fourth-order valence-electron chi connectivity index (χ4n) is 3.03. The Hall–Kier alpha value is -1.11. The molecule has 0 aliphatic heterocycles. The van der Waals surface area contributed by atoms with E-state index in [2.05, 4.69) is 6.92 Å². The molecule has 1 heterocycles. The van der Waals surface area contributed by atoms with Gasteiger partial charge in [-0.1, -0.05) is 23.7 Å². The zero-order valence-electron chi connectivity index (χ0n) is 13.7. The lowest BCUT2D eigenvalue weighted by molar-refractivity contribution is 0.0777. The van der Waals surface area contributed by atoms with Gasteiger partial charge in [-0.15, -0.1) is 0 Å². The number of hydrogen-bond acceptors (Lipinski definition) is 4. The van der Waals surface area contributed by atoms with Gasteiger partial charge in [-0.2, -0.15) is 0 Å². The summed E-state index contributed by atoms with van der Waals surface area (Å²) in [5.74, 6) is 0. The predicted octanol–water partition coefficient (Wildman–Crippen LogP) is 1.56. The maximum absolute atomic E-state index is 10.4. The lowest BCUT2D eigenvalue weighted by Crippen LogP contribution is -2.38. The van der Waals surface area contributed by atoms with Crippen molar-refractivity contribution in [2.75, 3.05) is 32.8 Å². The Balaban J connectivity index is 2.22. The van der Waals surface area contributed by atoms with Crippen LogP contribution in [0.5, 0.6) is 0 Å². The van der Waals surface area contributed by atoms with Gasteiger partial charge in [0.15, 0.2) is 0 Å². The summed E-state index contributed by atoms with van der Waals surface area (Å²) in [5, 5.41) is 30.3. The van der Waals surface area contributed by atoms with Gasteiger partial charge in [-0.05, 0) is 25.5 Å². The minimum atomic E-state index is -0.613. The monoisotopic (exact) mass is 340 g/mol. The van der Waals surface area contributed by atoms with Crippen LogP contribution >= 0.6 is 11.6 Å². The van der Waals surface area contributed by atoms with Crippen LogP contribution in [0.1, 0.15) is 11.3 Å². The van der Waals surface area contributed by atoms with Gasteiger partial charge >= 0.3 is 0 Å². The summed E-state index contributed by atoms with van der Waals surface area (Å²) in [6, 6.07) is 5.83. The molecule has 1 aromatic carbocycles. The van der Waals surface area contributed by atoms with Crippen molar-refractivity contribution in [2.45, 2.75) is 26.5 Å². The molecule has 5 nitrogen and oxygen atoms in total. The van der Waals surface area contributed by atoms with Crippen molar-refractivity contribution in [2.24, 2.45) is 0 Å². The lowest BCUT2D eigenvalue weighted by Gasteiger charge is -2.24. The first kappa shape index (κ1) is 18.2. The number of aromatic nitrogens is 1. The van der Waals surface area contributed by atoms with Crippen molar-refractivity contribution in [1.29, 1.82) is 0 Å². The van der Waals surface area contributed by atoms with Gasteiger partial charge in [0, 0.05) is 30.7 Å². The summed E-state index contributed by atoms with van der Waals surface area (Å²) in [6.07, 6.45) is -0.613. The Morgan fingerprint density at radius 1 is 1.17 bits per heavy atom. The van der Waals surface area contributed by atoms with E-state index in [0.29, 0.717) is 31.2 Å². The smallest absolute Gasteiger partial charge is 0.0845 e. The number of hydrogen-bond donors (Lipinski definition) is 3. The predicted molar refractivity (Wildman–Crippen MR) is 93.0 cm³/mol. The summed E-state index contributed by atoms with van der Waals surface area (Å²) in [5.41, 5.74) is 3.19. The molecule has 1 aromatic heterocycles. The zero-order valence-corrected chi connectivity index (χ0v) is 14.4. The molecule has 0 bridgehead atoms. The van der Waals surface area contributed by atoms with Gasteiger partial charge in [-0.3, -0.25) is 4.90 Å². The highest BCUT2D eigenvalue weighted by Crippen LogP contribution is 2.30. The van der Waals surface area contributed by atoms with Crippen LogP contribution in [0.15, 0.2) is 18.2 Å². The van der Waals surface area contributed by atoms with Crippen LogP contribution < -0.4 is 0 Å². The summed E-state index contributed by atoms with van der Waals surface area (Å²) in [4.78, 5) is 1.85. The molecule has 2 rings (SSSR count). The van der Waals surface area contributed by atoms with Crippen LogP contribution in [0.3, 0.4) is 0 Å². The Morgan fingerprint density at radius 3 is 2.43 bits per heavy atom. The third-order valence-corrected chi connectivity index (χ3v) is 4.61. The van der Waals surface area contributed by atoms with Crippen LogP contribution in [0, 0.1) is 13.8 Å². The first-order valence-corrected chi connectivity index (χ1v) is 8.23. The van der Waals surface area contributed by atoms with Crippen molar-refractivity contribution in [3.05, 3.63) is 34.5 Å². The van der Waals surface area contributed by atoms with Gasteiger partial charge in [0.2, 0.25) is 0 Å². The second-order valence-electron chi connectivity index (χ2n) is 5.86. The number of aryl methyl sites for hydroxylation is 1. The Kier molecular flexibility index (Phi) is 6.44. The molecule has 0 saturated carbocycles. The summed E-state index contributed by atoms with van der Waals surface area (Å²) in [7, 11) is 0. The van der Waals surface area contributed by atoms with Crippen molar-refractivity contribution in [3.63, 3.8) is 0 Å². The SMILES string of the molecule is Cc1c(C)n(C[C@@H](O)CN(CCO)CCO)c2c(Cl)cccc12. The van der Waals surface area contributed by atoms with Gasteiger partial charge in [0.25, 0.3) is 0 Å². The van der Waals surface area contributed by atoms with Gasteiger partial charge in [0.1, 0.15) is 0 Å². The third kappa shape index (κ3) is 4.05. The molecule has 0 spiro atoms. The van der Waals surface area contributed by atoms with E-state index in [1.165, 1.54) is 0 Å². The number of aliphatic hydroxyl groups is 3. The summed E-state index contributed by atoms with van der Waals surface area (Å²) in [6.45, 7) is 5.77. The maximum Gasteiger partial charge on any atom is 0.0845 e. The number of halogens is 1. The molecular formula is C17H25ClN2O3. The summed E-state index contributed by atoms with van der Waals surface area (Å²) < 4.78 is 2.05. The fraction of sp³-hybridized carbons (Fsp3) is 0.529. The van der Waals surface area contributed by atoms with Crippen LogP contribution in [0.4, 0.5) is 0 Å². The molecule has 3 N–H and O–H groups in total. The highest BCUT2D eigenvalue weighted by molar-refractivity contribution is 6.35. The molecule has 0 unspecified atom stereocenters. The average Bonchev–Trinajstić information content (AvgIpc) is 2.74. The van der Waals surface area contributed by atoms with E-state index in [1.807, 2.05) is 34.6 Å². The molecule has 0 aliphatic rings. The second-order valence-corrected chi connectivity index (χ2v) is 6.27. The molecule has 0 saturated heterocycles. The minimum absolute atomic E-state index is 0.00311. The Morgan fingerprint density at radius 2 is 1.83 bits per heavy atom. The highest BCUT2D eigenvalue weighted by Gasteiger charge is 2.17. The molecule has 1 atom stereocenters. The molecule has 0 amide bonds. The molecule has 0 aliphatic carbocycles. The van der Waals surface area contributed by atoms with Gasteiger partial charge in [0.05, 0.1) is 36.4 Å². The lowest BCUT2D eigenvalue weighted by atomic mass is 10.2. The number of aliphatic hydroxyl groups excluding tert-OH is 3. The molecule has 0 fully saturated rings. The number of benzene rings is 1. The highest BCUT2D eigenvalue weighted by atomic mass is 35.5.